The molecule has 24 heavy (non-hydrogen) atoms. The van der Waals surface area contributed by atoms with Crippen molar-refractivity contribution in [3.63, 3.8) is 0 Å². The number of alkyl halides is 3. The van der Waals surface area contributed by atoms with E-state index in [1.807, 2.05) is 0 Å². The summed E-state index contributed by atoms with van der Waals surface area (Å²) in [6, 6.07) is 5.11. The average molecular weight is 379 g/mol. The fourth-order valence-electron chi connectivity index (χ4n) is 2.36. The van der Waals surface area contributed by atoms with E-state index in [9.17, 15) is 18.0 Å². The zero-order valence-electron chi connectivity index (χ0n) is 12.1. The highest BCUT2D eigenvalue weighted by atomic mass is 35.5. The number of aromatic nitrogens is 2. The summed E-state index contributed by atoms with van der Waals surface area (Å²) in [4.78, 5) is 13.7. The molecule has 0 fully saturated rings. The maximum Gasteiger partial charge on any atom is 0.435 e. The van der Waals surface area contributed by atoms with Crippen molar-refractivity contribution in [2.24, 2.45) is 0 Å². The van der Waals surface area contributed by atoms with Gasteiger partial charge in [0.05, 0.1) is 29.5 Å². The molecule has 1 aromatic heterocycles. The molecule has 1 N–H and O–H groups in total. The standard InChI is InChI=1S/C14H11Cl2F3N4O/c15-8-1-2-11(10(16)5-8)20-13(24)22-3-4-23-9(7-22)6-12(21-23)14(17,18)19/h1-2,5-6H,3-4,7H2,(H,20,24). The molecule has 1 aliphatic rings. The summed E-state index contributed by atoms with van der Waals surface area (Å²) < 4.78 is 39.4. The number of rotatable bonds is 1. The monoisotopic (exact) mass is 378 g/mol. The van der Waals surface area contributed by atoms with Gasteiger partial charge in [-0.05, 0) is 24.3 Å². The first kappa shape index (κ1) is 16.9. The number of anilines is 1. The Morgan fingerprint density at radius 1 is 1.21 bits per heavy atom. The summed E-state index contributed by atoms with van der Waals surface area (Å²) in [6.07, 6.45) is -4.51. The molecule has 0 bridgehead atoms. The molecular formula is C14H11Cl2F3N4O. The fraction of sp³-hybridized carbons (Fsp3) is 0.286. The van der Waals surface area contributed by atoms with Gasteiger partial charge in [-0.1, -0.05) is 23.2 Å². The van der Waals surface area contributed by atoms with Gasteiger partial charge in [0.2, 0.25) is 0 Å². The van der Waals surface area contributed by atoms with Crippen molar-refractivity contribution < 1.29 is 18.0 Å². The molecule has 1 aliphatic heterocycles. The number of halogens is 5. The smallest absolute Gasteiger partial charge is 0.317 e. The number of carbonyl (C=O) groups excluding carboxylic acids is 1. The van der Waals surface area contributed by atoms with Crippen LogP contribution in [0.2, 0.25) is 10.0 Å². The molecule has 0 unspecified atom stereocenters. The second kappa shape index (κ2) is 6.18. The van der Waals surface area contributed by atoms with Gasteiger partial charge in [-0.15, -0.1) is 0 Å². The van der Waals surface area contributed by atoms with Crippen LogP contribution < -0.4 is 5.32 Å². The third kappa shape index (κ3) is 3.44. The second-order valence-corrected chi connectivity index (χ2v) is 6.06. The zero-order chi connectivity index (χ0) is 17.5. The van der Waals surface area contributed by atoms with Gasteiger partial charge in [0.1, 0.15) is 0 Å². The lowest BCUT2D eigenvalue weighted by Gasteiger charge is -2.27. The van der Waals surface area contributed by atoms with E-state index in [1.165, 1.54) is 15.6 Å². The molecule has 0 radical (unpaired) electrons. The maximum absolute atomic E-state index is 12.7. The number of amides is 2. The molecule has 2 aromatic rings. The van der Waals surface area contributed by atoms with Crippen LogP contribution in [0.25, 0.3) is 0 Å². The first-order valence-corrected chi connectivity index (χ1v) is 7.64. The maximum atomic E-state index is 12.7. The van der Waals surface area contributed by atoms with E-state index >= 15 is 0 Å². The summed E-state index contributed by atoms with van der Waals surface area (Å²) in [5.41, 5.74) is -0.257. The Morgan fingerprint density at radius 3 is 2.62 bits per heavy atom. The minimum Gasteiger partial charge on any atom is -0.317 e. The average Bonchev–Trinajstić information content (AvgIpc) is 2.93. The van der Waals surface area contributed by atoms with Crippen molar-refractivity contribution in [3.8, 4) is 0 Å². The summed E-state index contributed by atoms with van der Waals surface area (Å²) in [5, 5.41) is 6.85. The van der Waals surface area contributed by atoms with Gasteiger partial charge in [0, 0.05) is 11.6 Å². The van der Waals surface area contributed by atoms with Crippen molar-refractivity contribution in [3.05, 3.63) is 45.7 Å². The lowest BCUT2D eigenvalue weighted by atomic mass is 10.3. The molecule has 10 heteroatoms. The second-order valence-electron chi connectivity index (χ2n) is 5.22. The van der Waals surface area contributed by atoms with E-state index in [1.54, 1.807) is 12.1 Å². The number of nitrogens with zero attached hydrogens (tertiary/aromatic N) is 3. The number of fused-ring (bicyclic) bond motifs is 1. The number of carbonyl (C=O) groups is 1. The lowest BCUT2D eigenvalue weighted by Crippen LogP contribution is -2.40. The Labute approximate surface area is 144 Å². The van der Waals surface area contributed by atoms with Crippen LogP contribution in [0, 0.1) is 0 Å². The molecule has 2 heterocycles. The topological polar surface area (TPSA) is 50.2 Å². The van der Waals surface area contributed by atoms with E-state index in [-0.39, 0.29) is 24.7 Å². The summed E-state index contributed by atoms with van der Waals surface area (Å²) >= 11 is 11.8. The highest BCUT2D eigenvalue weighted by molar-refractivity contribution is 6.36. The summed E-state index contributed by atoms with van der Waals surface area (Å²) in [7, 11) is 0. The van der Waals surface area contributed by atoms with Crippen molar-refractivity contribution in [2.45, 2.75) is 19.3 Å². The van der Waals surface area contributed by atoms with Crippen LogP contribution in [-0.4, -0.2) is 27.3 Å². The molecule has 128 valence electrons. The van der Waals surface area contributed by atoms with Gasteiger partial charge in [0.15, 0.2) is 5.69 Å². The normalized spacial score (nSPS) is 14.5. The quantitative estimate of drug-likeness (QED) is 0.805. The zero-order valence-corrected chi connectivity index (χ0v) is 13.6. The number of hydrogen-bond acceptors (Lipinski definition) is 2. The van der Waals surface area contributed by atoms with E-state index in [4.69, 9.17) is 23.2 Å². The molecular weight excluding hydrogens is 368 g/mol. The Balaban J connectivity index is 1.73. The lowest BCUT2D eigenvalue weighted by molar-refractivity contribution is -0.141. The first-order chi connectivity index (χ1) is 11.2. The van der Waals surface area contributed by atoms with Crippen molar-refractivity contribution >= 4 is 34.9 Å². The molecule has 0 saturated carbocycles. The van der Waals surface area contributed by atoms with E-state index in [0.717, 1.165) is 6.07 Å². The van der Waals surface area contributed by atoms with Crippen LogP contribution in [0.15, 0.2) is 24.3 Å². The predicted octanol–water partition coefficient (Wildman–Crippen LogP) is 4.26. The van der Waals surface area contributed by atoms with E-state index in [0.29, 0.717) is 16.4 Å². The van der Waals surface area contributed by atoms with Gasteiger partial charge < -0.3 is 10.2 Å². The van der Waals surface area contributed by atoms with Gasteiger partial charge in [-0.25, -0.2) is 4.79 Å². The van der Waals surface area contributed by atoms with Crippen LogP contribution >= 0.6 is 23.2 Å². The fourth-order valence-corrected chi connectivity index (χ4v) is 2.82. The molecule has 1 aromatic carbocycles. The van der Waals surface area contributed by atoms with Crippen LogP contribution in [0.3, 0.4) is 0 Å². The molecule has 0 spiro atoms. The predicted molar refractivity (Wildman–Crippen MR) is 83.1 cm³/mol. The molecule has 3 rings (SSSR count). The minimum absolute atomic E-state index is 0.0279. The van der Waals surface area contributed by atoms with Crippen molar-refractivity contribution in [2.75, 3.05) is 11.9 Å². The van der Waals surface area contributed by atoms with Gasteiger partial charge >= 0.3 is 12.2 Å². The molecule has 5 nitrogen and oxygen atoms in total. The highest BCUT2D eigenvalue weighted by Crippen LogP contribution is 2.30. The van der Waals surface area contributed by atoms with Gasteiger partial charge in [0.25, 0.3) is 0 Å². The van der Waals surface area contributed by atoms with Crippen LogP contribution in [-0.2, 0) is 19.3 Å². The Kier molecular flexibility index (Phi) is 4.35. The molecule has 2 amide bonds. The summed E-state index contributed by atoms with van der Waals surface area (Å²) in [6.45, 7) is 0.455. The third-order valence-corrected chi connectivity index (χ3v) is 4.10. The van der Waals surface area contributed by atoms with Gasteiger partial charge in [-0.3, -0.25) is 4.68 Å². The number of hydrogen-bond donors (Lipinski definition) is 1. The van der Waals surface area contributed by atoms with E-state index < -0.39 is 17.9 Å². The third-order valence-electron chi connectivity index (χ3n) is 3.55. The van der Waals surface area contributed by atoms with Crippen molar-refractivity contribution in [1.29, 1.82) is 0 Å². The van der Waals surface area contributed by atoms with E-state index in [2.05, 4.69) is 10.4 Å². The Morgan fingerprint density at radius 2 is 1.96 bits per heavy atom. The Bertz CT molecular complexity index is 791. The number of benzene rings is 1. The highest BCUT2D eigenvalue weighted by Gasteiger charge is 2.36. The molecule has 0 aliphatic carbocycles. The SMILES string of the molecule is O=C(Nc1ccc(Cl)cc1Cl)N1CCn2nc(C(F)(F)F)cc2C1. The van der Waals surface area contributed by atoms with Crippen LogP contribution in [0.4, 0.5) is 23.7 Å². The largest absolute Gasteiger partial charge is 0.435 e. The molecule has 0 atom stereocenters. The Hall–Kier alpha value is -1.93. The van der Waals surface area contributed by atoms with Gasteiger partial charge in [-0.2, -0.15) is 18.3 Å². The number of nitrogens with one attached hydrogen (secondary N) is 1. The van der Waals surface area contributed by atoms with Crippen LogP contribution in [0.5, 0.6) is 0 Å². The first-order valence-electron chi connectivity index (χ1n) is 6.89. The molecule has 0 saturated heterocycles. The minimum atomic E-state index is -4.51. The van der Waals surface area contributed by atoms with Crippen LogP contribution in [0.1, 0.15) is 11.4 Å². The number of urea groups is 1. The van der Waals surface area contributed by atoms with Crippen molar-refractivity contribution in [1.82, 2.24) is 14.7 Å². The summed E-state index contributed by atoms with van der Waals surface area (Å²) in [5.74, 6) is 0.